The Morgan fingerprint density at radius 1 is 1.17 bits per heavy atom. The van der Waals surface area contributed by atoms with Gasteiger partial charge in [-0.3, -0.25) is 0 Å². The van der Waals surface area contributed by atoms with Crippen LogP contribution in [0, 0.1) is 5.92 Å². The van der Waals surface area contributed by atoms with E-state index in [9.17, 15) is 0 Å². The topological polar surface area (TPSA) is 78.3 Å². The Labute approximate surface area is 141 Å². The largest absolute Gasteiger partial charge is 0.476 e. The van der Waals surface area contributed by atoms with Crippen molar-refractivity contribution in [2.75, 3.05) is 6.61 Å². The maximum atomic E-state index is 6.27. The second-order valence-electron chi connectivity index (χ2n) is 6.86. The summed E-state index contributed by atoms with van der Waals surface area (Å²) in [6.07, 6.45) is 6.18. The third kappa shape index (κ3) is 3.71. The van der Waals surface area contributed by atoms with Crippen LogP contribution in [0.15, 0.2) is 42.9 Å². The predicted molar refractivity (Wildman–Crippen MR) is 93.8 cm³/mol. The van der Waals surface area contributed by atoms with E-state index in [1.807, 2.05) is 31.2 Å². The minimum Gasteiger partial charge on any atom is -0.476 e. The Balaban J connectivity index is 1.73. The Morgan fingerprint density at radius 3 is 2.71 bits per heavy atom. The molecular formula is C18H23N5O. The van der Waals surface area contributed by atoms with Crippen LogP contribution in [-0.2, 0) is 0 Å². The summed E-state index contributed by atoms with van der Waals surface area (Å²) in [7, 11) is 0. The minimum atomic E-state index is -0.360. The summed E-state index contributed by atoms with van der Waals surface area (Å²) in [5.41, 5.74) is 8.60. The second-order valence-corrected chi connectivity index (χ2v) is 6.86. The van der Waals surface area contributed by atoms with E-state index in [1.165, 1.54) is 0 Å². The van der Waals surface area contributed by atoms with Crippen LogP contribution in [0.3, 0.4) is 0 Å². The van der Waals surface area contributed by atoms with Crippen molar-refractivity contribution in [3.63, 3.8) is 0 Å². The number of nitrogens with two attached hydrogens (primary N) is 1. The van der Waals surface area contributed by atoms with E-state index in [0.29, 0.717) is 18.4 Å². The maximum Gasteiger partial charge on any atom is 0.213 e. The van der Waals surface area contributed by atoms with Gasteiger partial charge in [-0.2, -0.15) is 5.10 Å². The van der Waals surface area contributed by atoms with E-state index in [2.05, 4.69) is 28.9 Å². The number of rotatable bonds is 6. The zero-order chi connectivity index (χ0) is 17.2. The summed E-state index contributed by atoms with van der Waals surface area (Å²) in [6.45, 7) is 6.76. The monoisotopic (exact) mass is 325 g/mol. The molecule has 3 heterocycles. The van der Waals surface area contributed by atoms with Gasteiger partial charge in [0.15, 0.2) is 5.65 Å². The second kappa shape index (κ2) is 6.57. The third-order valence-electron chi connectivity index (χ3n) is 3.75. The van der Waals surface area contributed by atoms with Gasteiger partial charge in [0.1, 0.15) is 6.61 Å². The smallest absolute Gasteiger partial charge is 0.213 e. The van der Waals surface area contributed by atoms with Crippen LogP contribution in [0.2, 0.25) is 0 Å². The van der Waals surface area contributed by atoms with Crippen LogP contribution in [0.4, 0.5) is 0 Å². The Bertz CT molecular complexity index is 808. The van der Waals surface area contributed by atoms with E-state index in [0.717, 1.165) is 23.3 Å². The van der Waals surface area contributed by atoms with Crippen LogP contribution < -0.4 is 10.5 Å². The molecule has 0 spiro atoms. The standard InChI is InChI=1S/C18H23N5O/c1-13(2)10-18(3,19)12-24-17-5-4-14(11-21-17)15-6-8-20-16-7-9-22-23(15)16/h4-9,11,13H,10,12,19H2,1-3H3/t18-/m1/s1. The van der Waals surface area contributed by atoms with Crippen molar-refractivity contribution >= 4 is 5.65 Å². The Kier molecular flexibility index (Phi) is 4.49. The third-order valence-corrected chi connectivity index (χ3v) is 3.75. The minimum absolute atomic E-state index is 0.360. The van der Waals surface area contributed by atoms with Gasteiger partial charge in [0.25, 0.3) is 0 Å². The fourth-order valence-electron chi connectivity index (χ4n) is 2.90. The molecule has 0 unspecified atom stereocenters. The SMILES string of the molecule is CC(C)C[C@@](C)(N)COc1ccc(-c2ccnc3ccnn23)cn1. The fraction of sp³-hybridized carbons (Fsp3) is 0.389. The van der Waals surface area contributed by atoms with Crippen LogP contribution in [0.5, 0.6) is 5.88 Å². The van der Waals surface area contributed by atoms with E-state index in [4.69, 9.17) is 10.5 Å². The first kappa shape index (κ1) is 16.4. The average molecular weight is 325 g/mol. The van der Waals surface area contributed by atoms with Crippen molar-refractivity contribution in [2.24, 2.45) is 11.7 Å². The van der Waals surface area contributed by atoms with Crippen LogP contribution in [0.25, 0.3) is 16.9 Å². The molecule has 0 saturated carbocycles. The van der Waals surface area contributed by atoms with Crippen molar-refractivity contribution in [3.05, 3.63) is 42.9 Å². The molecule has 0 bridgehead atoms. The van der Waals surface area contributed by atoms with Crippen LogP contribution in [0.1, 0.15) is 27.2 Å². The molecule has 1 atom stereocenters. The lowest BCUT2D eigenvalue weighted by Gasteiger charge is -2.26. The number of aromatic nitrogens is 4. The maximum absolute atomic E-state index is 6.27. The summed E-state index contributed by atoms with van der Waals surface area (Å²) in [6, 6.07) is 7.61. The zero-order valence-corrected chi connectivity index (χ0v) is 14.3. The van der Waals surface area contributed by atoms with Gasteiger partial charge in [0, 0.05) is 35.6 Å². The highest BCUT2D eigenvalue weighted by Gasteiger charge is 2.21. The van der Waals surface area contributed by atoms with Crippen molar-refractivity contribution < 1.29 is 4.74 Å². The number of hydrogen-bond donors (Lipinski definition) is 1. The molecule has 3 aromatic heterocycles. The van der Waals surface area contributed by atoms with Gasteiger partial charge in [-0.25, -0.2) is 14.5 Å². The summed E-state index contributed by atoms with van der Waals surface area (Å²) < 4.78 is 7.55. The molecule has 3 rings (SSSR count). The fourth-order valence-corrected chi connectivity index (χ4v) is 2.90. The van der Waals surface area contributed by atoms with Gasteiger partial charge in [-0.05, 0) is 31.4 Å². The van der Waals surface area contributed by atoms with Crippen LogP contribution >= 0.6 is 0 Å². The number of fused-ring (bicyclic) bond motifs is 1. The molecular weight excluding hydrogens is 302 g/mol. The van der Waals surface area contributed by atoms with Gasteiger partial charge in [0.05, 0.1) is 11.9 Å². The summed E-state index contributed by atoms with van der Waals surface area (Å²) >= 11 is 0. The van der Waals surface area contributed by atoms with E-state index in [1.54, 1.807) is 23.1 Å². The molecule has 0 radical (unpaired) electrons. The predicted octanol–water partition coefficient (Wildman–Crippen LogP) is 2.93. The number of hydrogen-bond acceptors (Lipinski definition) is 5. The molecule has 6 nitrogen and oxygen atoms in total. The van der Waals surface area contributed by atoms with Crippen molar-refractivity contribution in [3.8, 4) is 17.1 Å². The molecule has 0 aliphatic heterocycles. The van der Waals surface area contributed by atoms with Gasteiger partial charge in [0.2, 0.25) is 5.88 Å². The highest BCUT2D eigenvalue weighted by molar-refractivity contribution is 5.61. The molecule has 0 saturated heterocycles. The first-order valence-electron chi connectivity index (χ1n) is 8.11. The van der Waals surface area contributed by atoms with Gasteiger partial charge < -0.3 is 10.5 Å². The first-order chi connectivity index (χ1) is 11.4. The first-order valence-corrected chi connectivity index (χ1v) is 8.11. The summed E-state index contributed by atoms with van der Waals surface area (Å²) in [5.74, 6) is 1.10. The molecule has 0 fully saturated rings. The van der Waals surface area contributed by atoms with Crippen LogP contribution in [-0.4, -0.2) is 31.7 Å². The summed E-state index contributed by atoms with van der Waals surface area (Å²) in [4.78, 5) is 8.66. The van der Waals surface area contributed by atoms with Crippen molar-refractivity contribution in [2.45, 2.75) is 32.7 Å². The van der Waals surface area contributed by atoms with Gasteiger partial charge in [-0.1, -0.05) is 13.8 Å². The highest BCUT2D eigenvalue weighted by atomic mass is 16.5. The quantitative estimate of drug-likeness (QED) is 0.754. The Hall–Kier alpha value is -2.47. The highest BCUT2D eigenvalue weighted by Crippen LogP contribution is 2.21. The normalized spacial score (nSPS) is 14.0. The molecule has 0 amide bonds. The summed E-state index contributed by atoms with van der Waals surface area (Å²) in [5, 5.41) is 4.29. The molecule has 3 aromatic rings. The number of nitrogens with zero attached hydrogens (tertiary/aromatic N) is 4. The molecule has 6 heteroatoms. The van der Waals surface area contributed by atoms with E-state index in [-0.39, 0.29) is 5.54 Å². The van der Waals surface area contributed by atoms with Gasteiger partial charge >= 0.3 is 0 Å². The lowest BCUT2D eigenvalue weighted by Crippen LogP contribution is -2.43. The number of pyridine rings is 1. The molecule has 2 N–H and O–H groups in total. The lowest BCUT2D eigenvalue weighted by molar-refractivity contribution is 0.200. The van der Waals surface area contributed by atoms with Gasteiger partial charge in [-0.15, -0.1) is 0 Å². The Morgan fingerprint density at radius 2 is 2.00 bits per heavy atom. The molecule has 24 heavy (non-hydrogen) atoms. The van der Waals surface area contributed by atoms with Crippen molar-refractivity contribution in [1.29, 1.82) is 0 Å². The van der Waals surface area contributed by atoms with E-state index < -0.39 is 0 Å². The molecule has 0 aliphatic carbocycles. The molecule has 0 aliphatic rings. The zero-order valence-electron chi connectivity index (χ0n) is 14.3. The molecule has 126 valence electrons. The molecule has 0 aromatic carbocycles. The van der Waals surface area contributed by atoms with Crippen molar-refractivity contribution in [1.82, 2.24) is 19.6 Å². The average Bonchev–Trinajstić information content (AvgIpc) is 3.01. The number of ether oxygens (including phenoxy) is 1. The lowest BCUT2D eigenvalue weighted by atomic mass is 9.93. The van der Waals surface area contributed by atoms with E-state index >= 15 is 0 Å².